The maximum atomic E-state index is 14.5. The van der Waals surface area contributed by atoms with Crippen molar-refractivity contribution in [1.29, 1.82) is 0 Å². The van der Waals surface area contributed by atoms with Crippen molar-refractivity contribution in [3.8, 4) is 17.2 Å². The first-order valence-corrected chi connectivity index (χ1v) is 23.3. The Morgan fingerprint density at radius 2 is 0.829 bits per heavy atom. The summed E-state index contributed by atoms with van der Waals surface area (Å²) >= 11 is 0. The van der Waals surface area contributed by atoms with Crippen molar-refractivity contribution in [3.63, 3.8) is 0 Å². The summed E-state index contributed by atoms with van der Waals surface area (Å²) in [6, 6.07) is 17.4. The second-order valence-electron chi connectivity index (χ2n) is 17.4. The number of carboxylic acids is 1. The van der Waals surface area contributed by atoms with E-state index in [0.29, 0.717) is 41.5 Å². The van der Waals surface area contributed by atoms with Gasteiger partial charge in [-0.15, -0.1) is 0 Å². The minimum Gasteiger partial charge on any atom is -0.508 e. The van der Waals surface area contributed by atoms with Crippen LogP contribution < -0.4 is 43.4 Å². The number of phenolic OH excluding ortho intramolecular Hbond substituents is 3. The highest BCUT2D eigenvalue weighted by atomic mass is 16.4. The number of hydrogen-bond acceptors (Lipinski definition) is 12. The Labute approximate surface area is 407 Å². The SMILES string of the molecule is CC[C@H](C)[C@H](NC(=O)[C@H](C)N)C(=O)N[C@@H](Cc1ccc(O)cc1)C(=O)N[C@@H](CCCCN)C(=O)N[C@@H](Cc1ccc(O)cc1)C(=O)N[C@@H](Cc1ccc(O)cc1)C(=O)N[C@@H](Cc1ccccc1)C(=O)O. The maximum Gasteiger partial charge on any atom is 0.326 e. The Morgan fingerprint density at radius 3 is 1.21 bits per heavy atom. The third-order valence-electron chi connectivity index (χ3n) is 11.7. The van der Waals surface area contributed by atoms with Crippen LogP contribution in [0.4, 0.5) is 0 Å². The molecule has 0 saturated carbocycles. The van der Waals surface area contributed by atoms with Crippen LogP contribution in [-0.2, 0) is 59.2 Å². The van der Waals surface area contributed by atoms with Gasteiger partial charge in [-0.25, -0.2) is 4.79 Å². The first-order valence-electron chi connectivity index (χ1n) is 23.3. The number of amides is 6. The van der Waals surface area contributed by atoms with Gasteiger partial charge in [-0.1, -0.05) is 87.0 Å². The molecule has 8 atom stereocenters. The molecule has 0 spiro atoms. The topological polar surface area (TPSA) is 325 Å². The van der Waals surface area contributed by atoms with Crippen molar-refractivity contribution in [2.75, 3.05) is 6.54 Å². The number of benzene rings is 4. The van der Waals surface area contributed by atoms with Crippen molar-refractivity contribution in [2.45, 2.75) is 114 Å². The normalized spacial score (nSPS) is 14.5. The first-order chi connectivity index (χ1) is 33.4. The maximum absolute atomic E-state index is 14.5. The molecule has 4 rings (SSSR count). The molecule has 376 valence electrons. The van der Waals surface area contributed by atoms with Crippen LogP contribution in [0.5, 0.6) is 17.2 Å². The predicted octanol–water partition coefficient (Wildman–Crippen LogP) is 1.59. The van der Waals surface area contributed by atoms with Gasteiger partial charge >= 0.3 is 5.97 Å². The molecular formula is C51H66N8O11. The zero-order valence-corrected chi connectivity index (χ0v) is 39.6. The van der Waals surface area contributed by atoms with Gasteiger partial charge in [-0.05, 0) is 97.3 Å². The molecule has 14 N–H and O–H groups in total. The predicted molar refractivity (Wildman–Crippen MR) is 261 cm³/mol. The molecule has 0 fully saturated rings. The number of aliphatic carboxylic acids is 1. The molecule has 6 amide bonds. The molecule has 0 saturated heterocycles. The minimum atomic E-state index is -1.43. The van der Waals surface area contributed by atoms with Gasteiger partial charge in [0.05, 0.1) is 6.04 Å². The Balaban J connectivity index is 1.67. The lowest BCUT2D eigenvalue weighted by Crippen LogP contribution is -2.61. The van der Waals surface area contributed by atoms with Crippen molar-refractivity contribution in [2.24, 2.45) is 17.4 Å². The average molecular weight is 967 g/mol. The summed E-state index contributed by atoms with van der Waals surface area (Å²) in [7, 11) is 0. The summed E-state index contributed by atoms with van der Waals surface area (Å²) in [6.07, 6.45) is 0.809. The zero-order chi connectivity index (χ0) is 51.3. The Hall–Kier alpha value is -7.51. The first kappa shape index (κ1) is 55.1. The fraction of sp³-hybridized carbons (Fsp3) is 0.392. The monoisotopic (exact) mass is 966 g/mol. The van der Waals surface area contributed by atoms with Gasteiger partial charge in [0.25, 0.3) is 0 Å². The van der Waals surface area contributed by atoms with Crippen LogP contribution in [0.15, 0.2) is 103 Å². The van der Waals surface area contributed by atoms with Crippen molar-refractivity contribution in [1.82, 2.24) is 31.9 Å². The van der Waals surface area contributed by atoms with Gasteiger partial charge < -0.3 is 63.8 Å². The van der Waals surface area contributed by atoms with E-state index in [0.717, 1.165) is 0 Å². The van der Waals surface area contributed by atoms with Gasteiger partial charge in [0.15, 0.2) is 0 Å². The number of carbonyl (C=O) groups excluding carboxylic acids is 6. The molecule has 0 unspecified atom stereocenters. The largest absolute Gasteiger partial charge is 0.508 e. The summed E-state index contributed by atoms with van der Waals surface area (Å²) in [5, 5.41) is 56.1. The molecule has 19 heteroatoms. The number of unbranched alkanes of at least 4 members (excludes halogenated alkanes) is 1. The number of nitrogens with two attached hydrogens (primary N) is 2. The molecule has 0 aromatic heterocycles. The minimum absolute atomic E-state index is 0.0337. The van der Waals surface area contributed by atoms with Crippen molar-refractivity contribution >= 4 is 41.4 Å². The molecule has 19 nitrogen and oxygen atoms in total. The highest BCUT2D eigenvalue weighted by Gasteiger charge is 2.35. The molecule has 0 aliphatic heterocycles. The average Bonchev–Trinajstić information content (AvgIpc) is 3.33. The van der Waals surface area contributed by atoms with E-state index < -0.39 is 83.7 Å². The van der Waals surface area contributed by atoms with Crippen LogP contribution in [0.25, 0.3) is 0 Å². The van der Waals surface area contributed by atoms with E-state index in [2.05, 4.69) is 31.9 Å². The van der Waals surface area contributed by atoms with Crippen LogP contribution in [0, 0.1) is 5.92 Å². The quantitative estimate of drug-likeness (QED) is 0.0379. The molecule has 4 aromatic carbocycles. The smallest absolute Gasteiger partial charge is 0.326 e. The summed E-state index contributed by atoms with van der Waals surface area (Å²) in [4.78, 5) is 96.5. The van der Waals surface area contributed by atoms with Crippen LogP contribution in [0.2, 0.25) is 0 Å². The van der Waals surface area contributed by atoms with Gasteiger partial charge in [-0.2, -0.15) is 0 Å². The summed E-state index contributed by atoms with van der Waals surface area (Å²) in [5.41, 5.74) is 13.7. The van der Waals surface area contributed by atoms with E-state index >= 15 is 0 Å². The number of phenols is 3. The van der Waals surface area contributed by atoms with Crippen molar-refractivity contribution < 1.29 is 54.0 Å². The highest BCUT2D eigenvalue weighted by molar-refractivity contribution is 5.97. The standard InChI is InChI=1S/C51H66N8O11/c1-4-30(2)44(59-45(63)31(3)53)50(68)57-42(28-35-17-23-38(62)24-18-35)47(65)54-39(12-8-9-25-52)46(64)55-40(26-33-13-19-36(60)20-14-33)48(66)56-41(27-34-15-21-37(61)22-16-34)49(67)58-43(51(69)70)29-32-10-6-5-7-11-32/h5-7,10-11,13-24,30-31,39-44,60-62H,4,8-9,12,25-29,52-53H2,1-3H3,(H,54,65)(H,55,64)(H,56,66)(H,57,68)(H,58,67)(H,59,63)(H,69,70)/t30-,31-,39-,40-,41-,42-,43-,44-/m0/s1. The van der Waals surface area contributed by atoms with E-state index in [-0.39, 0.29) is 61.8 Å². The Bertz CT molecular complexity index is 2350. The molecule has 0 heterocycles. The molecule has 0 aliphatic carbocycles. The molecule has 4 aromatic rings. The third-order valence-corrected chi connectivity index (χ3v) is 11.7. The van der Waals surface area contributed by atoms with Crippen LogP contribution in [0.3, 0.4) is 0 Å². The Kier molecular flexibility index (Phi) is 21.6. The van der Waals surface area contributed by atoms with E-state index in [1.54, 1.807) is 49.4 Å². The van der Waals surface area contributed by atoms with Gasteiger partial charge in [-0.3, -0.25) is 28.8 Å². The summed E-state index contributed by atoms with van der Waals surface area (Å²) in [6.45, 7) is 5.31. The van der Waals surface area contributed by atoms with Crippen LogP contribution in [0.1, 0.15) is 68.7 Å². The second-order valence-corrected chi connectivity index (χ2v) is 17.4. The van der Waals surface area contributed by atoms with E-state index in [9.17, 15) is 54.0 Å². The number of hydrogen-bond donors (Lipinski definition) is 12. The van der Waals surface area contributed by atoms with Gasteiger partial charge in [0, 0.05) is 25.7 Å². The number of aromatic hydroxyl groups is 3. The lowest BCUT2D eigenvalue weighted by molar-refractivity contribution is -0.142. The van der Waals surface area contributed by atoms with E-state index in [1.165, 1.54) is 67.6 Å². The molecular weight excluding hydrogens is 901 g/mol. The molecule has 70 heavy (non-hydrogen) atoms. The highest BCUT2D eigenvalue weighted by Crippen LogP contribution is 2.17. The second kappa shape index (κ2) is 27.5. The van der Waals surface area contributed by atoms with Crippen molar-refractivity contribution in [3.05, 3.63) is 125 Å². The van der Waals surface area contributed by atoms with Crippen LogP contribution >= 0.6 is 0 Å². The number of nitrogens with one attached hydrogen (secondary N) is 6. The number of rotatable bonds is 27. The molecule has 0 radical (unpaired) electrons. The summed E-state index contributed by atoms with van der Waals surface area (Å²) < 4.78 is 0. The molecule has 0 aliphatic rings. The van der Waals surface area contributed by atoms with Gasteiger partial charge in [0.1, 0.15) is 53.5 Å². The zero-order valence-electron chi connectivity index (χ0n) is 39.6. The van der Waals surface area contributed by atoms with Crippen LogP contribution in [-0.4, -0.2) is 111 Å². The number of carbonyl (C=O) groups is 7. The molecule has 0 bridgehead atoms. The van der Waals surface area contributed by atoms with Gasteiger partial charge in [0.2, 0.25) is 35.4 Å². The lowest BCUT2D eigenvalue weighted by atomic mass is 9.96. The fourth-order valence-electron chi connectivity index (χ4n) is 7.38. The number of carboxylic acid groups (broad SMARTS) is 1. The van der Waals surface area contributed by atoms with E-state index in [4.69, 9.17) is 11.5 Å². The Morgan fingerprint density at radius 1 is 0.471 bits per heavy atom. The summed E-state index contributed by atoms with van der Waals surface area (Å²) in [5.74, 6) is -6.42. The fourth-order valence-corrected chi connectivity index (χ4v) is 7.38. The van der Waals surface area contributed by atoms with E-state index in [1.807, 2.05) is 6.92 Å². The third kappa shape index (κ3) is 17.9. The lowest BCUT2D eigenvalue weighted by Gasteiger charge is -2.29.